The SMILES string of the molecule is CCn1c(SCC(=O)Nc2cc(Cl)ccc2OC)nnc1C(C)Oc1ccc(Cl)cc1C. The summed E-state index contributed by atoms with van der Waals surface area (Å²) in [6.07, 6.45) is -0.332. The molecule has 0 aliphatic heterocycles. The fraction of sp³-hybridized carbons (Fsp3) is 0.318. The van der Waals surface area contributed by atoms with Crippen LogP contribution in [0.15, 0.2) is 41.6 Å². The number of anilines is 1. The number of nitrogens with one attached hydrogen (secondary N) is 1. The first-order chi connectivity index (χ1) is 15.3. The smallest absolute Gasteiger partial charge is 0.234 e. The third kappa shape index (κ3) is 5.88. The fourth-order valence-electron chi connectivity index (χ4n) is 3.09. The fourth-order valence-corrected chi connectivity index (χ4v) is 4.30. The van der Waals surface area contributed by atoms with E-state index in [1.54, 1.807) is 24.3 Å². The number of aryl methyl sites for hydroxylation is 1. The molecule has 10 heteroatoms. The number of methoxy groups -OCH3 is 1. The van der Waals surface area contributed by atoms with E-state index in [9.17, 15) is 4.79 Å². The van der Waals surface area contributed by atoms with E-state index in [4.69, 9.17) is 32.7 Å². The first kappa shape index (κ1) is 24.2. The van der Waals surface area contributed by atoms with Crippen LogP contribution in [0.25, 0.3) is 0 Å². The maximum absolute atomic E-state index is 12.5. The second-order valence-electron chi connectivity index (χ2n) is 6.94. The predicted molar refractivity (Wildman–Crippen MR) is 128 cm³/mol. The zero-order chi connectivity index (χ0) is 23.3. The number of aromatic nitrogens is 3. The van der Waals surface area contributed by atoms with Crippen molar-refractivity contribution < 1.29 is 14.3 Å². The highest BCUT2D eigenvalue weighted by molar-refractivity contribution is 7.99. The largest absolute Gasteiger partial charge is 0.495 e. The van der Waals surface area contributed by atoms with E-state index >= 15 is 0 Å². The minimum absolute atomic E-state index is 0.152. The van der Waals surface area contributed by atoms with Gasteiger partial charge >= 0.3 is 0 Å². The summed E-state index contributed by atoms with van der Waals surface area (Å²) >= 11 is 13.3. The molecule has 3 aromatic rings. The van der Waals surface area contributed by atoms with Crippen LogP contribution in [0.1, 0.15) is 31.3 Å². The molecule has 0 saturated carbocycles. The summed E-state index contributed by atoms with van der Waals surface area (Å²) in [5.74, 6) is 1.90. The van der Waals surface area contributed by atoms with Gasteiger partial charge in [0, 0.05) is 16.6 Å². The molecule has 1 amide bonds. The number of rotatable bonds is 9. The van der Waals surface area contributed by atoms with Crippen molar-refractivity contribution in [3.63, 3.8) is 0 Å². The number of hydrogen-bond donors (Lipinski definition) is 1. The predicted octanol–water partition coefficient (Wildman–Crippen LogP) is 5.79. The van der Waals surface area contributed by atoms with Crippen molar-refractivity contribution in [2.45, 2.75) is 38.6 Å². The molecule has 0 fully saturated rings. The maximum Gasteiger partial charge on any atom is 0.234 e. The van der Waals surface area contributed by atoms with E-state index in [-0.39, 0.29) is 17.8 Å². The number of carbonyl (C=O) groups is 1. The zero-order valence-corrected chi connectivity index (χ0v) is 20.5. The van der Waals surface area contributed by atoms with Gasteiger partial charge in [-0.15, -0.1) is 10.2 Å². The van der Waals surface area contributed by atoms with Crippen molar-refractivity contribution in [3.05, 3.63) is 57.8 Å². The zero-order valence-electron chi connectivity index (χ0n) is 18.2. The summed E-state index contributed by atoms with van der Waals surface area (Å²) < 4.78 is 13.3. The number of carbonyl (C=O) groups excluding carboxylic acids is 1. The first-order valence-electron chi connectivity index (χ1n) is 9.94. The second-order valence-corrected chi connectivity index (χ2v) is 8.75. The van der Waals surface area contributed by atoms with Crippen LogP contribution in [-0.2, 0) is 11.3 Å². The number of thioether (sulfide) groups is 1. The molecule has 1 atom stereocenters. The molecule has 1 unspecified atom stereocenters. The number of benzene rings is 2. The van der Waals surface area contributed by atoms with E-state index in [2.05, 4.69) is 15.5 Å². The summed E-state index contributed by atoms with van der Waals surface area (Å²) in [4.78, 5) is 12.5. The van der Waals surface area contributed by atoms with Gasteiger partial charge in [0.05, 0.1) is 18.6 Å². The van der Waals surface area contributed by atoms with Gasteiger partial charge in [-0.1, -0.05) is 35.0 Å². The van der Waals surface area contributed by atoms with Gasteiger partial charge < -0.3 is 19.4 Å². The molecule has 0 aliphatic carbocycles. The first-order valence-corrected chi connectivity index (χ1v) is 11.7. The van der Waals surface area contributed by atoms with Crippen LogP contribution in [0.3, 0.4) is 0 Å². The van der Waals surface area contributed by atoms with Crippen LogP contribution in [0.5, 0.6) is 11.5 Å². The summed E-state index contributed by atoms with van der Waals surface area (Å²) in [7, 11) is 1.54. The topological polar surface area (TPSA) is 78.3 Å². The Hall–Kier alpha value is -2.42. The van der Waals surface area contributed by atoms with Crippen LogP contribution >= 0.6 is 35.0 Å². The Morgan fingerprint density at radius 3 is 2.50 bits per heavy atom. The third-order valence-corrected chi connectivity index (χ3v) is 6.07. The van der Waals surface area contributed by atoms with Crippen molar-refractivity contribution in [1.82, 2.24) is 14.8 Å². The molecule has 3 rings (SSSR count). The number of halogens is 2. The normalized spacial score (nSPS) is 11.8. The van der Waals surface area contributed by atoms with Crippen LogP contribution in [0, 0.1) is 6.92 Å². The lowest BCUT2D eigenvalue weighted by Gasteiger charge is -2.17. The lowest BCUT2D eigenvalue weighted by molar-refractivity contribution is -0.113. The van der Waals surface area contributed by atoms with E-state index < -0.39 is 0 Å². The average Bonchev–Trinajstić information content (AvgIpc) is 3.17. The monoisotopic (exact) mass is 494 g/mol. The van der Waals surface area contributed by atoms with E-state index in [0.717, 1.165) is 11.3 Å². The molecule has 1 heterocycles. The van der Waals surface area contributed by atoms with Crippen molar-refractivity contribution in [2.75, 3.05) is 18.2 Å². The van der Waals surface area contributed by atoms with Gasteiger partial charge in [-0.25, -0.2) is 0 Å². The Morgan fingerprint density at radius 1 is 1.16 bits per heavy atom. The van der Waals surface area contributed by atoms with E-state index in [1.165, 1.54) is 18.9 Å². The van der Waals surface area contributed by atoms with Crippen molar-refractivity contribution >= 4 is 46.6 Å². The average molecular weight is 495 g/mol. The Balaban J connectivity index is 1.67. The molecule has 0 aliphatic rings. The Labute approximate surface area is 201 Å². The highest BCUT2D eigenvalue weighted by Gasteiger charge is 2.20. The summed E-state index contributed by atoms with van der Waals surface area (Å²) in [5.41, 5.74) is 1.46. The summed E-state index contributed by atoms with van der Waals surface area (Å²) in [5, 5.41) is 13.2. The Bertz CT molecular complexity index is 1110. The van der Waals surface area contributed by atoms with Crippen molar-refractivity contribution in [2.24, 2.45) is 0 Å². The van der Waals surface area contributed by atoms with Crippen LogP contribution in [0.2, 0.25) is 10.0 Å². The minimum atomic E-state index is -0.332. The molecule has 7 nitrogen and oxygen atoms in total. The highest BCUT2D eigenvalue weighted by Crippen LogP contribution is 2.30. The molecule has 0 spiro atoms. The Kier molecular flexibility index (Phi) is 8.28. The van der Waals surface area contributed by atoms with Gasteiger partial charge in [0.2, 0.25) is 5.91 Å². The van der Waals surface area contributed by atoms with Gasteiger partial charge in [-0.05, 0) is 62.7 Å². The number of nitrogens with zero attached hydrogens (tertiary/aromatic N) is 3. The molecule has 0 saturated heterocycles. The third-order valence-electron chi connectivity index (χ3n) is 4.63. The van der Waals surface area contributed by atoms with Crippen LogP contribution in [0.4, 0.5) is 5.69 Å². The van der Waals surface area contributed by atoms with Gasteiger partial charge in [0.25, 0.3) is 0 Å². The van der Waals surface area contributed by atoms with Gasteiger partial charge in [0.15, 0.2) is 17.1 Å². The molecule has 32 heavy (non-hydrogen) atoms. The lowest BCUT2D eigenvalue weighted by Crippen LogP contribution is -2.16. The van der Waals surface area contributed by atoms with Crippen molar-refractivity contribution in [3.8, 4) is 11.5 Å². The molecule has 1 aromatic heterocycles. The molecular formula is C22H24Cl2N4O3S. The van der Waals surface area contributed by atoms with Gasteiger partial charge in [-0.2, -0.15) is 0 Å². The van der Waals surface area contributed by atoms with E-state index in [1.807, 2.05) is 37.5 Å². The van der Waals surface area contributed by atoms with Crippen LogP contribution in [-0.4, -0.2) is 33.5 Å². The molecular weight excluding hydrogens is 471 g/mol. The molecule has 0 bridgehead atoms. The second kappa shape index (κ2) is 10.9. The number of ether oxygens (including phenoxy) is 2. The van der Waals surface area contributed by atoms with E-state index in [0.29, 0.717) is 39.0 Å². The molecule has 0 radical (unpaired) electrons. The Morgan fingerprint density at radius 2 is 1.84 bits per heavy atom. The maximum atomic E-state index is 12.5. The van der Waals surface area contributed by atoms with Gasteiger partial charge in [0.1, 0.15) is 11.5 Å². The van der Waals surface area contributed by atoms with Crippen LogP contribution < -0.4 is 14.8 Å². The standard InChI is InChI=1S/C22H24Cl2N4O3S/c1-5-28-21(14(3)31-18-8-6-15(23)10-13(18)2)26-27-22(28)32-12-20(29)25-17-11-16(24)7-9-19(17)30-4/h6-11,14H,5,12H2,1-4H3,(H,25,29). The quantitative estimate of drug-likeness (QED) is 0.379. The van der Waals surface area contributed by atoms with Gasteiger partial charge in [-0.3, -0.25) is 4.79 Å². The number of amides is 1. The summed E-state index contributed by atoms with van der Waals surface area (Å²) in [6.45, 7) is 6.49. The lowest BCUT2D eigenvalue weighted by atomic mass is 10.2. The molecule has 1 N–H and O–H groups in total. The molecule has 2 aromatic carbocycles. The highest BCUT2D eigenvalue weighted by atomic mass is 35.5. The van der Waals surface area contributed by atoms with Crippen molar-refractivity contribution in [1.29, 1.82) is 0 Å². The molecule has 170 valence electrons. The summed E-state index contributed by atoms with van der Waals surface area (Å²) in [6, 6.07) is 10.5. The number of hydrogen-bond acceptors (Lipinski definition) is 6. The minimum Gasteiger partial charge on any atom is -0.495 e.